The van der Waals surface area contributed by atoms with Crippen LogP contribution in [0.5, 0.6) is 0 Å². The normalized spacial score (nSPS) is 14.2. The predicted octanol–water partition coefficient (Wildman–Crippen LogP) is 2.85. The van der Waals surface area contributed by atoms with E-state index >= 15 is 0 Å². The molecule has 1 N–H and O–H groups in total. The number of thioether (sulfide) groups is 1. The van der Waals surface area contributed by atoms with Crippen molar-refractivity contribution < 1.29 is 13.7 Å². The third-order valence-corrected chi connectivity index (χ3v) is 4.29. The molecular weight excluding hydrogens is 314 g/mol. The third-order valence-electron chi connectivity index (χ3n) is 3.40. The summed E-state index contributed by atoms with van der Waals surface area (Å²) in [6.45, 7) is 0.750. The van der Waals surface area contributed by atoms with Gasteiger partial charge < -0.3 is 14.3 Å². The minimum Gasteiger partial charge on any atom is -0.453 e. The zero-order valence-electron chi connectivity index (χ0n) is 12.1. The topological polar surface area (TPSA) is 80.6 Å². The summed E-state index contributed by atoms with van der Waals surface area (Å²) in [5, 5.41) is 8.37. The number of furan rings is 1. The molecule has 3 heterocycles. The molecule has 0 aliphatic carbocycles. The van der Waals surface area contributed by atoms with Crippen LogP contribution >= 0.6 is 11.8 Å². The van der Waals surface area contributed by atoms with Crippen LogP contribution in [0.3, 0.4) is 0 Å². The first-order chi connectivity index (χ1) is 11.3. The number of para-hydroxylation sites is 1. The molecular formula is C16H13N3O3S. The Morgan fingerprint density at radius 1 is 1.26 bits per heavy atom. The molecule has 1 aromatic carbocycles. The van der Waals surface area contributed by atoms with Crippen molar-refractivity contribution in [2.75, 3.05) is 12.3 Å². The summed E-state index contributed by atoms with van der Waals surface area (Å²) < 4.78 is 11.0. The molecule has 0 bridgehead atoms. The number of carbonyl (C=O) groups is 1. The Balaban J connectivity index is 1.48. The van der Waals surface area contributed by atoms with E-state index in [2.05, 4.69) is 15.5 Å². The SMILES string of the molecule is O=C(Cc1cc(-c2cc3ccccc3o2)on1)NC1=NCCS1. The lowest BCUT2D eigenvalue weighted by Crippen LogP contribution is -2.28. The first-order valence-corrected chi connectivity index (χ1v) is 8.18. The van der Waals surface area contributed by atoms with E-state index < -0.39 is 0 Å². The molecule has 2 aromatic heterocycles. The van der Waals surface area contributed by atoms with Crippen LogP contribution in [-0.2, 0) is 11.2 Å². The highest BCUT2D eigenvalue weighted by Gasteiger charge is 2.16. The smallest absolute Gasteiger partial charge is 0.232 e. The fraction of sp³-hybridized carbons (Fsp3) is 0.188. The molecule has 1 aliphatic heterocycles. The summed E-state index contributed by atoms with van der Waals surface area (Å²) in [6, 6.07) is 11.3. The van der Waals surface area contributed by atoms with Crippen molar-refractivity contribution in [3.8, 4) is 11.5 Å². The van der Waals surface area contributed by atoms with Crippen molar-refractivity contribution in [1.29, 1.82) is 0 Å². The van der Waals surface area contributed by atoms with Gasteiger partial charge in [-0.1, -0.05) is 35.1 Å². The summed E-state index contributed by atoms with van der Waals surface area (Å²) in [5.41, 5.74) is 1.34. The van der Waals surface area contributed by atoms with Gasteiger partial charge in [0.15, 0.2) is 10.9 Å². The van der Waals surface area contributed by atoms with Crippen molar-refractivity contribution >= 4 is 33.8 Å². The number of rotatable bonds is 3. The van der Waals surface area contributed by atoms with Gasteiger partial charge in [0.05, 0.1) is 18.7 Å². The molecule has 23 heavy (non-hydrogen) atoms. The van der Waals surface area contributed by atoms with Crippen LogP contribution in [0.2, 0.25) is 0 Å². The van der Waals surface area contributed by atoms with E-state index in [4.69, 9.17) is 8.94 Å². The molecule has 0 saturated heterocycles. The Bertz CT molecular complexity index is 864. The number of nitrogens with zero attached hydrogens (tertiary/aromatic N) is 2. The van der Waals surface area contributed by atoms with Crippen LogP contribution in [0.1, 0.15) is 5.69 Å². The number of carbonyl (C=O) groups excluding carboxylic acids is 1. The average Bonchev–Trinajstić information content (AvgIpc) is 3.26. The average molecular weight is 327 g/mol. The van der Waals surface area contributed by atoms with E-state index in [1.54, 1.807) is 17.8 Å². The first kappa shape index (κ1) is 14.1. The zero-order chi connectivity index (χ0) is 15.6. The second-order valence-electron chi connectivity index (χ2n) is 5.09. The molecule has 0 saturated carbocycles. The van der Waals surface area contributed by atoms with Crippen LogP contribution in [0.4, 0.5) is 0 Å². The van der Waals surface area contributed by atoms with Crippen LogP contribution in [0.25, 0.3) is 22.5 Å². The Labute approximate surface area is 135 Å². The molecule has 6 nitrogen and oxygen atoms in total. The minimum atomic E-state index is -0.150. The quantitative estimate of drug-likeness (QED) is 0.800. The van der Waals surface area contributed by atoms with Gasteiger partial charge in [-0.3, -0.25) is 9.79 Å². The number of aromatic nitrogens is 1. The highest BCUT2D eigenvalue weighted by atomic mass is 32.2. The number of fused-ring (bicyclic) bond motifs is 1. The molecule has 1 aliphatic rings. The zero-order valence-corrected chi connectivity index (χ0v) is 12.9. The minimum absolute atomic E-state index is 0.142. The number of hydrogen-bond acceptors (Lipinski definition) is 6. The Hall–Kier alpha value is -2.54. The molecule has 1 amide bonds. The highest BCUT2D eigenvalue weighted by Crippen LogP contribution is 2.28. The Morgan fingerprint density at radius 3 is 3.00 bits per heavy atom. The molecule has 3 aromatic rings. The highest BCUT2D eigenvalue weighted by molar-refractivity contribution is 8.14. The van der Waals surface area contributed by atoms with Crippen molar-refractivity contribution in [1.82, 2.24) is 10.5 Å². The summed E-state index contributed by atoms with van der Waals surface area (Å²) in [4.78, 5) is 16.1. The van der Waals surface area contributed by atoms with E-state index in [9.17, 15) is 4.79 Å². The molecule has 0 atom stereocenters. The van der Waals surface area contributed by atoms with Gasteiger partial charge >= 0.3 is 0 Å². The predicted molar refractivity (Wildman–Crippen MR) is 88.3 cm³/mol. The molecule has 0 unspecified atom stereocenters. The second-order valence-corrected chi connectivity index (χ2v) is 6.17. The fourth-order valence-corrected chi connectivity index (χ4v) is 3.10. The van der Waals surface area contributed by atoms with E-state index in [0.29, 0.717) is 22.4 Å². The molecule has 0 fully saturated rings. The number of amides is 1. The molecule has 0 radical (unpaired) electrons. The maximum Gasteiger partial charge on any atom is 0.232 e. The van der Waals surface area contributed by atoms with Gasteiger partial charge in [0, 0.05) is 17.2 Å². The van der Waals surface area contributed by atoms with Crippen LogP contribution < -0.4 is 5.32 Å². The van der Waals surface area contributed by atoms with Gasteiger partial charge in [0.25, 0.3) is 0 Å². The summed E-state index contributed by atoms with van der Waals surface area (Å²) in [6.07, 6.45) is 0.142. The number of amidine groups is 1. The van der Waals surface area contributed by atoms with Crippen molar-refractivity contribution in [2.24, 2.45) is 4.99 Å². The third kappa shape index (κ3) is 3.00. The van der Waals surface area contributed by atoms with Crippen molar-refractivity contribution in [2.45, 2.75) is 6.42 Å². The maximum absolute atomic E-state index is 11.9. The maximum atomic E-state index is 11.9. The largest absolute Gasteiger partial charge is 0.453 e. The summed E-state index contributed by atoms with van der Waals surface area (Å²) in [5.74, 6) is 1.87. The second kappa shape index (κ2) is 5.92. The van der Waals surface area contributed by atoms with Crippen molar-refractivity contribution in [3.63, 3.8) is 0 Å². The van der Waals surface area contributed by atoms with Gasteiger partial charge in [-0.25, -0.2) is 0 Å². The van der Waals surface area contributed by atoms with E-state index in [1.807, 2.05) is 30.3 Å². The van der Waals surface area contributed by atoms with Gasteiger partial charge in [-0.2, -0.15) is 0 Å². The van der Waals surface area contributed by atoms with Gasteiger partial charge in [0.2, 0.25) is 11.7 Å². The number of nitrogens with one attached hydrogen (secondary N) is 1. The van der Waals surface area contributed by atoms with Gasteiger partial charge in [-0.15, -0.1) is 0 Å². The number of hydrogen-bond donors (Lipinski definition) is 1. The van der Waals surface area contributed by atoms with E-state index in [-0.39, 0.29) is 12.3 Å². The number of benzene rings is 1. The lowest BCUT2D eigenvalue weighted by atomic mass is 10.2. The van der Waals surface area contributed by atoms with Crippen molar-refractivity contribution in [3.05, 3.63) is 42.1 Å². The fourth-order valence-electron chi connectivity index (χ4n) is 2.35. The van der Waals surface area contributed by atoms with Gasteiger partial charge in [-0.05, 0) is 12.1 Å². The lowest BCUT2D eigenvalue weighted by Gasteiger charge is -2.00. The van der Waals surface area contributed by atoms with Gasteiger partial charge in [0.1, 0.15) is 5.58 Å². The molecule has 4 rings (SSSR count). The standard InChI is InChI=1S/C16H13N3O3S/c20-15(18-16-17-5-6-23-16)9-11-8-14(22-19-11)13-7-10-3-1-2-4-12(10)21-13/h1-4,7-8H,5-6,9H2,(H,17,18,20). The van der Waals surface area contributed by atoms with Crippen LogP contribution in [0.15, 0.2) is 50.3 Å². The van der Waals surface area contributed by atoms with Crippen LogP contribution in [0, 0.1) is 0 Å². The monoisotopic (exact) mass is 327 g/mol. The van der Waals surface area contributed by atoms with Crippen LogP contribution in [-0.4, -0.2) is 28.5 Å². The van der Waals surface area contributed by atoms with E-state index in [1.165, 1.54) is 0 Å². The lowest BCUT2D eigenvalue weighted by molar-refractivity contribution is -0.119. The Morgan fingerprint density at radius 2 is 2.17 bits per heavy atom. The number of aliphatic imine (C=N–C) groups is 1. The molecule has 7 heteroatoms. The van der Waals surface area contributed by atoms with E-state index in [0.717, 1.165) is 23.3 Å². The Kier molecular flexibility index (Phi) is 3.63. The summed E-state index contributed by atoms with van der Waals surface area (Å²) >= 11 is 1.54. The molecule has 116 valence electrons. The summed E-state index contributed by atoms with van der Waals surface area (Å²) in [7, 11) is 0. The molecule has 0 spiro atoms. The first-order valence-electron chi connectivity index (χ1n) is 7.19.